The van der Waals surface area contributed by atoms with Gasteiger partial charge in [0.2, 0.25) is 5.91 Å². The molecule has 0 unspecified atom stereocenters. The van der Waals surface area contributed by atoms with Gasteiger partial charge in [-0.25, -0.2) is 9.37 Å². The molecule has 0 fully saturated rings. The van der Waals surface area contributed by atoms with Crippen LogP contribution in [-0.4, -0.2) is 21.2 Å². The molecule has 0 spiro atoms. The molecule has 0 aliphatic heterocycles. The number of para-hydroxylation sites is 1. The Labute approximate surface area is 137 Å². The van der Waals surface area contributed by atoms with E-state index in [0.29, 0.717) is 5.69 Å². The number of benzene rings is 2. The molecule has 0 saturated heterocycles. The Balaban J connectivity index is 1.63. The van der Waals surface area contributed by atoms with Crippen LogP contribution in [0.25, 0.3) is 5.69 Å². The maximum Gasteiger partial charge on any atom is 0.234 e. The fourth-order valence-electron chi connectivity index (χ4n) is 2.08. The highest BCUT2D eigenvalue weighted by Crippen LogP contribution is 2.20. The Hall–Kier alpha value is -2.60. The van der Waals surface area contributed by atoms with Gasteiger partial charge in [0, 0.05) is 23.8 Å². The molecule has 0 aliphatic rings. The van der Waals surface area contributed by atoms with E-state index in [-0.39, 0.29) is 17.5 Å². The molecule has 1 N–H and O–H groups in total. The molecule has 0 atom stereocenters. The van der Waals surface area contributed by atoms with Crippen molar-refractivity contribution >= 4 is 23.4 Å². The highest BCUT2D eigenvalue weighted by molar-refractivity contribution is 7.99. The second kappa shape index (κ2) is 7.11. The topological polar surface area (TPSA) is 46.9 Å². The van der Waals surface area contributed by atoms with Crippen LogP contribution in [0.4, 0.5) is 10.1 Å². The fourth-order valence-corrected chi connectivity index (χ4v) is 2.85. The average Bonchev–Trinajstić information content (AvgIpc) is 3.02. The molecule has 6 heteroatoms. The molecule has 3 aromatic rings. The maximum absolute atomic E-state index is 13.1. The van der Waals surface area contributed by atoms with Gasteiger partial charge in [0.1, 0.15) is 5.82 Å². The minimum atomic E-state index is -0.380. The van der Waals surface area contributed by atoms with Gasteiger partial charge in [0.25, 0.3) is 0 Å². The normalized spacial score (nSPS) is 10.5. The van der Waals surface area contributed by atoms with Crippen molar-refractivity contribution in [2.45, 2.75) is 5.16 Å². The van der Waals surface area contributed by atoms with Crippen LogP contribution in [0.15, 0.2) is 72.1 Å². The van der Waals surface area contributed by atoms with Crippen LogP contribution >= 0.6 is 11.8 Å². The molecule has 0 bridgehead atoms. The van der Waals surface area contributed by atoms with Crippen molar-refractivity contribution in [3.8, 4) is 5.69 Å². The van der Waals surface area contributed by atoms with E-state index in [0.717, 1.165) is 10.8 Å². The molecular weight excluding hydrogens is 313 g/mol. The number of anilines is 1. The summed E-state index contributed by atoms with van der Waals surface area (Å²) in [6.45, 7) is 0. The van der Waals surface area contributed by atoms with Crippen molar-refractivity contribution in [3.63, 3.8) is 0 Å². The van der Waals surface area contributed by atoms with Gasteiger partial charge >= 0.3 is 0 Å². The summed E-state index contributed by atoms with van der Waals surface area (Å²) in [5.74, 6) is -0.390. The van der Waals surface area contributed by atoms with Crippen molar-refractivity contribution in [2.75, 3.05) is 11.1 Å². The Morgan fingerprint density at radius 3 is 2.78 bits per heavy atom. The highest BCUT2D eigenvalue weighted by atomic mass is 32.2. The summed E-state index contributed by atoms with van der Waals surface area (Å²) < 4.78 is 15.0. The standard InChI is InChI=1S/C17H14FN3OS/c18-13-5-4-6-14(11-13)20-16(22)12-23-17-19-9-10-21(17)15-7-2-1-3-8-15/h1-11H,12H2,(H,20,22). The van der Waals surface area contributed by atoms with Crippen LogP contribution in [-0.2, 0) is 4.79 Å². The third kappa shape index (κ3) is 3.98. The van der Waals surface area contributed by atoms with Gasteiger partial charge in [0.05, 0.1) is 5.75 Å². The summed E-state index contributed by atoms with van der Waals surface area (Å²) in [5, 5.41) is 3.40. The molecule has 1 heterocycles. The van der Waals surface area contributed by atoms with Crippen LogP contribution < -0.4 is 5.32 Å². The second-order valence-electron chi connectivity index (χ2n) is 4.76. The number of nitrogens with one attached hydrogen (secondary N) is 1. The molecule has 23 heavy (non-hydrogen) atoms. The predicted octanol–water partition coefficient (Wildman–Crippen LogP) is 3.74. The molecule has 1 amide bonds. The third-order valence-corrected chi connectivity index (χ3v) is 4.05. The van der Waals surface area contributed by atoms with Gasteiger partial charge in [-0.05, 0) is 30.3 Å². The SMILES string of the molecule is O=C(CSc1nccn1-c1ccccc1)Nc1cccc(F)c1. The number of hydrogen-bond acceptors (Lipinski definition) is 3. The van der Waals surface area contributed by atoms with E-state index >= 15 is 0 Å². The first-order valence-electron chi connectivity index (χ1n) is 6.99. The molecule has 0 saturated carbocycles. The number of amides is 1. The number of imidazole rings is 1. The zero-order valence-electron chi connectivity index (χ0n) is 12.1. The summed E-state index contributed by atoms with van der Waals surface area (Å²) in [6.07, 6.45) is 3.54. The van der Waals surface area contributed by atoms with Gasteiger partial charge in [0.15, 0.2) is 5.16 Å². The third-order valence-electron chi connectivity index (χ3n) is 3.08. The summed E-state index contributed by atoms with van der Waals surface area (Å²) in [7, 11) is 0. The first kappa shape index (κ1) is 15.3. The minimum absolute atomic E-state index is 0.195. The molecule has 3 rings (SSSR count). The van der Waals surface area contributed by atoms with Gasteiger partial charge in [-0.3, -0.25) is 9.36 Å². The Bertz CT molecular complexity index is 804. The molecule has 0 aliphatic carbocycles. The van der Waals surface area contributed by atoms with Crippen molar-refractivity contribution in [2.24, 2.45) is 0 Å². The largest absolute Gasteiger partial charge is 0.325 e. The van der Waals surface area contributed by atoms with E-state index < -0.39 is 0 Å². The van der Waals surface area contributed by atoms with Crippen molar-refractivity contribution in [3.05, 3.63) is 72.8 Å². The zero-order chi connectivity index (χ0) is 16.1. The number of thioether (sulfide) groups is 1. The number of hydrogen-bond donors (Lipinski definition) is 1. The summed E-state index contributed by atoms with van der Waals surface area (Å²) in [6, 6.07) is 15.6. The van der Waals surface area contributed by atoms with Crippen molar-refractivity contribution in [1.29, 1.82) is 0 Å². The van der Waals surface area contributed by atoms with Gasteiger partial charge in [-0.1, -0.05) is 36.0 Å². The maximum atomic E-state index is 13.1. The van der Waals surface area contributed by atoms with Crippen LogP contribution in [0.2, 0.25) is 0 Å². The van der Waals surface area contributed by atoms with Crippen molar-refractivity contribution in [1.82, 2.24) is 9.55 Å². The number of rotatable bonds is 5. The summed E-state index contributed by atoms with van der Waals surface area (Å²) in [4.78, 5) is 16.2. The van der Waals surface area contributed by atoms with Crippen LogP contribution in [0.3, 0.4) is 0 Å². The minimum Gasteiger partial charge on any atom is -0.325 e. The lowest BCUT2D eigenvalue weighted by atomic mass is 10.3. The Kier molecular flexibility index (Phi) is 4.73. The van der Waals surface area contributed by atoms with E-state index in [1.807, 2.05) is 41.1 Å². The smallest absolute Gasteiger partial charge is 0.234 e. The molecule has 1 aromatic heterocycles. The average molecular weight is 327 g/mol. The number of nitrogens with zero attached hydrogens (tertiary/aromatic N) is 2. The lowest BCUT2D eigenvalue weighted by Gasteiger charge is -2.08. The molecular formula is C17H14FN3OS. The van der Waals surface area contributed by atoms with Crippen LogP contribution in [0.1, 0.15) is 0 Å². The van der Waals surface area contributed by atoms with Crippen molar-refractivity contribution < 1.29 is 9.18 Å². The molecule has 0 radical (unpaired) electrons. The quantitative estimate of drug-likeness (QED) is 0.726. The lowest BCUT2D eigenvalue weighted by molar-refractivity contribution is -0.113. The van der Waals surface area contributed by atoms with E-state index in [9.17, 15) is 9.18 Å². The summed E-state index contributed by atoms with van der Waals surface area (Å²) in [5.41, 5.74) is 1.43. The Morgan fingerprint density at radius 1 is 1.17 bits per heavy atom. The summed E-state index contributed by atoms with van der Waals surface area (Å²) >= 11 is 1.33. The predicted molar refractivity (Wildman–Crippen MR) is 89.3 cm³/mol. The zero-order valence-corrected chi connectivity index (χ0v) is 13.0. The number of carbonyl (C=O) groups excluding carboxylic acids is 1. The fraction of sp³-hybridized carbons (Fsp3) is 0.0588. The second-order valence-corrected chi connectivity index (χ2v) is 5.71. The molecule has 116 valence electrons. The first-order chi connectivity index (χ1) is 11.2. The van der Waals surface area contributed by atoms with Gasteiger partial charge in [-0.15, -0.1) is 0 Å². The molecule has 4 nitrogen and oxygen atoms in total. The van der Waals surface area contributed by atoms with E-state index in [1.165, 1.54) is 23.9 Å². The van der Waals surface area contributed by atoms with E-state index in [4.69, 9.17) is 0 Å². The lowest BCUT2D eigenvalue weighted by Crippen LogP contribution is -2.14. The molecule has 2 aromatic carbocycles. The van der Waals surface area contributed by atoms with Crippen LogP contribution in [0.5, 0.6) is 0 Å². The monoisotopic (exact) mass is 327 g/mol. The van der Waals surface area contributed by atoms with E-state index in [1.54, 1.807) is 18.3 Å². The van der Waals surface area contributed by atoms with Gasteiger partial charge in [-0.2, -0.15) is 0 Å². The highest BCUT2D eigenvalue weighted by Gasteiger charge is 2.09. The van der Waals surface area contributed by atoms with E-state index in [2.05, 4.69) is 10.3 Å². The van der Waals surface area contributed by atoms with Crippen LogP contribution in [0, 0.1) is 5.82 Å². The number of halogens is 1. The first-order valence-corrected chi connectivity index (χ1v) is 7.98. The number of carbonyl (C=O) groups is 1. The number of aromatic nitrogens is 2. The van der Waals surface area contributed by atoms with Gasteiger partial charge < -0.3 is 5.32 Å². The Morgan fingerprint density at radius 2 is 2.00 bits per heavy atom.